The van der Waals surface area contributed by atoms with E-state index in [1.165, 1.54) is 0 Å². The molecule has 2 amide bonds. The van der Waals surface area contributed by atoms with E-state index in [2.05, 4.69) is 10.6 Å². The monoisotopic (exact) mass is 298 g/mol. The molecular weight excluding hydrogens is 284 g/mol. The first-order valence-electron chi connectivity index (χ1n) is 6.14. The van der Waals surface area contributed by atoms with Crippen molar-refractivity contribution in [2.75, 3.05) is 13.2 Å². The van der Waals surface area contributed by atoms with Gasteiger partial charge in [-0.1, -0.05) is 29.8 Å². The number of amides is 2. The largest absolute Gasteiger partial charge is 0.479 e. The van der Waals surface area contributed by atoms with Gasteiger partial charge in [-0.05, 0) is 11.6 Å². The molecule has 0 aliphatic carbocycles. The number of hydrogen-bond acceptors (Lipinski definition) is 3. The number of hydrogen-bond donors (Lipinski definition) is 3. The molecular formula is C13H15ClN2O4. The molecule has 1 aromatic carbocycles. The molecule has 0 spiro atoms. The van der Waals surface area contributed by atoms with E-state index in [4.69, 9.17) is 16.3 Å². The summed E-state index contributed by atoms with van der Waals surface area (Å²) in [6, 6.07) is 6.55. The van der Waals surface area contributed by atoms with Gasteiger partial charge < -0.3 is 20.5 Å². The van der Waals surface area contributed by atoms with E-state index < -0.39 is 17.5 Å². The number of benzene rings is 1. The Bertz CT molecular complexity index is 515. The Morgan fingerprint density at radius 3 is 2.75 bits per heavy atom. The van der Waals surface area contributed by atoms with Crippen LogP contribution >= 0.6 is 11.6 Å². The minimum absolute atomic E-state index is 0.0259. The van der Waals surface area contributed by atoms with Crippen LogP contribution in [0.3, 0.4) is 0 Å². The topological polar surface area (TPSA) is 87.7 Å². The minimum Gasteiger partial charge on any atom is -0.479 e. The average molecular weight is 299 g/mol. The number of urea groups is 1. The fourth-order valence-corrected chi connectivity index (χ4v) is 2.17. The predicted molar refractivity (Wildman–Crippen MR) is 72.6 cm³/mol. The minimum atomic E-state index is -1.34. The molecule has 1 saturated heterocycles. The Hall–Kier alpha value is -1.79. The summed E-state index contributed by atoms with van der Waals surface area (Å²) in [5, 5.41) is 14.8. The van der Waals surface area contributed by atoms with Gasteiger partial charge in [-0.3, -0.25) is 0 Å². The van der Waals surface area contributed by atoms with Crippen LogP contribution in [-0.4, -0.2) is 35.9 Å². The lowest BCUT2D eigenvalue weighted by molar-refractivity contribution is -0.144. The first-order chi connectivity index (χ1) is 9.53. The van der Waals surface area contributed by atoms with Crippen LogP contribution in [0.5, 0.6) is 0 Å². The van der Waals surface area contributed by atoms with E-state index in [0.717, 1.165) is 5.56 Å². The molecule has 1 atom stereocenters. The van der Waals surface area contributed by atoms with Gasteiger partial charge in [0.05, 0.1) is 6.61 Å². The summed E-state index contributed by atoms with van der Waals surface area (Å²) in [6.45, 7) is 0.515. The van der Waals surface area contributed by atoms with E-state index in [1.54, 1.807) is 18.2 Å². The van der Waals surface area contributed by atoms with Crippen molar-refractivity contribution in [3.05, 3.63) is 34.9 Å². The zero-order valence-corrected chi connectivity index (χ0v) is 11.4. The van der Waals surface area contributed by atoms with E-state index in [9.17, 15) is 14.7 Å². The summed E-state index contributed by atoms with van der Waals surface area (Å²) in [5.41, 5.74) is -0.582. The molecule has 1 unspecified atom stereocenters. The average Bonchev–Trinajstić information content (AvgIpc) is 2.88. The second-order valence-electron chi connectivity index (χ2n) is 4.59. The van der Waals surface area contributed by atoms with Crippen molar-refractivity contribution in [2.45, 2.75) is 18.5 Å². The van der Waals surface area contributed by atoms with Crippen LogP contribution in [0.2, 0.25) is 5.02 Å². The smallest absolute Gasteiger partial charge is 0.332 e. The molecule has 108 valence electrons. The van der Waals surface area contributed by atoms with Crippen LogP contribution in [0.4, 0.5) is 4.79 Å². The van der Waals surface area contributed by atoms with Gasteiger partial charge in [-0.15, -0.1) is 0 Å². The van der Waals surface area contributed by atoms with Gasteiger partial charge in [-0.25, -0.2) is 9.59 Å². The van der Waals surface area contributed by atoms with Crippen molar-refractivity contribution in [1.82, 2.24) is 10.6 Å². The van der Waals surface area contributed by atoms with Crippen molar-refractivity contribution in [3.8, 4) is 0 Å². The third-order valence-electron chi connectivity index (χ3n) is 3.18. The Morgan fingerprint density at radius 1 is 1.40 bits per heavy atom. The quantitative estimate of drug-likeness (QED) is 0.784. The van der Waals surface area contributed by atoms with Crippen molar-refractivity contribution in [2.24, 2.45) is 0 Å². The van der Waals surface area contributed by atoms with Crippen molar-refractivity contribution in [1.29, 1.82) is 0 Å². The Morgan fingerprint density at radius 2 is 2.15 bits per heavy atom. The normalized spacial score (nSPS) is 21.4. The van der Waals surface area contributed by atoms with Crippen molar-refractivity contribution >= 4 is 23.6 Å². The molecule has 0 saturated carbocycles. The maximum atomic E-state index is 11.8. The highest BCUT2D eigenvalue weighted by atomic mass is 35.5. The number of carboxylic acid groups (broad SMARTS) is 1. The van der Waals surface area contributed by atoms with Gasteiger partial charge in [0.1, 0.15) is 0 Å². The maximum absolute atomic E-state index is 11.8. The predicted octanol–water partition coefficient (Wildman–Crippen LogP) is 1.38. The van der Waals surface area contributed by atoms with Crippen LogP contribution < -0.4 is 10.6 Å². The zero-order chi connectivity index (χ0) is 14.6. The number of ether oxygens (including phenoxy) is 1. The number of carbonyl (C=O) groups excluding carboxylic acids is 1. The Balaban J connectivity index is 1.92. The first kappa shape index (κ1) is 14.6. The SMILES string of the molecule is O=C(NCc1ccccc1Cl)NC1(C(=O)O)CCOC1. The molecule has 1 aliphatic rings. The fraction of sp³-hybridized carbons (Fsp3) is 0.385. The highest BCUT2D eigenvalue weighted by Crippen LogP contribution is 2.19. The van der Waals surface area contributed by atoms with Gasteiger partial charge in [0, 0.05) is 24.6 Å². The van der Waals surface area contributed by atoms with Crippen molar-refractivity contribution in [3.63, 3.8) is 0 Å². The molecule has 7 heteroatoms. The third-order valence-corrected chi connectivity index (χ3v) is 3.55. The van der Waals surface area contributed by atoms with E-state index >= 15 is 0 Å². The fourth-order valence-electron chi connectivity index (χ4n) is 1.96. The highest BCUT2D eigenvalue weighted by Gasteiger charge is 2.43. The third kappa shape index (κ3) is 3.20. The van der Waals surface area contributed by atoms with Crippen LogP contribution in [0.1, 0.15) is 12.0 Å². The lowest BCUT2D eigenvalue weighted by atomic mass is 9.99. The second-order valence-corrected chi connectivity index (χ2v) is 5.00. The Labute approximate surface area is 121 Å². The number of rotatable bonds is 4. The number of carboxylic acids is 1. The van der Waals surface area contributed by atoms with Gasteiger partial charge in [0.2, 0.25) is 0 Å². The van der Waals surface area contributed by atoms with Gasteiger partial charge >= 0.3 is 12.0 Å². The van der Waals surface area contributed by atoms with Crippen molar-refractivity contribution < 1.29 is 19.4 Å². The maximum Gasteiger partial charge on any atom is 0.332 e. The summed E-state index contributed by atoms with van der Waals surface area (Å²) in [4.78, 5) is 23.1. The van der Waals surface area contributed by atoms with Crippen LogP contribution in [-0.2, 0) is 16.1 Å². The molecule has 0 bridgehead atoms. The summed E-state index contributed by atoms with van der Waals surface area (Å²) in [6.07, 6.45) is 0.252. The standard InChI is InChI=1S/C13H15ClN2O4/c14-10-4-2-1-3-9(10)7-15-12(19)16-13(11(17)18)5-6-20-8-13/h1-4H,5-8H2,(H,17,18)(H2,15,16,19). The molecule has 3 N–H and O–H groups in total. The molecule has 6 nitrogen and oxygen atoms in total. The molecule has 2 rings (SSSR count). The van der Waals surface area contributed by atoms with Gasteiger partial charge in [0.15, 0.2) is 5.54 Å². The van der Waals surface area contributed by atoms with Crippen LogP contribution in [0, 0.1) is 0 Å². The van der Waals surface area contributed by atoms with Crippen LogP contribution in [0.15, 0.2) is 24.3 Å². The van der Waals surface area contributed by atoms with Gasteiger partial charge in [-0.2, -0.15) is 0 Å². The van der Waals surface area contributed by atoms with E-state index in [1.807, 2.05) is 6.07 Å². The molecule has 0 aromatic heterocycles. The number of halogens is 1. The highest BCUT2D eigenvalue weighted by molar-refractivity contribution is 6.31. The summed E-state index contributed by atoms with van der Waals surface area (Å²) < 4.78 is 5.06. The molecule has 20 heavy (non-hydrogen) atoms. The zero-order valence-electron chi connectivity index (χ0n) is 10.7. The summed E-state index contributed by atoms with van der Waals surface area (Å²) >= 11 is 5.97. The first-order valence-corrected chi connectivity index (χ1v) is 6.52. The summed E-state index contributed by atoms with van der Waals surface area (Å²) in [7, 11) is 0. The van der Waals surface area contributed by atoms with Gasteiger partial charge in [0.25, 0.3) is 0 Å². The lowest BCUT2D eigenvalue weighted by Crippen LogP contribution is -2.57. The lowest BCUT2D eigenvalue weighted by Gasteiger charge is -2.23. The number of nitrogens with one attached hydrogen (secondary N) is 2. The van der Waals surface area contributed by atoms with E-state index in [-0.39, 0.29) is 19.6 Å². The molecule has 1 aromatic rings. The number of aliphatic carboxylic acids is 1. The second kappa shape index (κ2) is 6.11. The Kier molecular flexibility index (Phi) is 4.46. The molecule has 0 radical (unpaired) electrons. The molecule has 1 heterocycles. The molecule has 1 aliphatic heterocycles. The molecule has 1 fully saturated rings. The van der Waals surface area contributed by atoms with Crippen LogP contribution in [0.25, 0.3) is 0 Å². The van der Waals surface area contributed by atoms with E-state index in [0.29, 0.717) is 11.6 Å². The number of carbonyl (C=O) groups is 2. The summed E-state index contributed by atoms with van der Waals surface area (Å²) in [5.74, 6) is -1.09.